The van der Waals surface area contributed by atoms with Gasteiger partial charge in [-0.2, -0.15) is 0 Å². The van der Waals surface area contributed by atoms with Crippen LogP contribution in [-0.4, -0.2) is 53.7 Å². The van der Waals surface area contributed by atoms with Crippen molar-refractivity contribution in [2.45, 2.75) is 31.3 Å². The van der Waals surface area contributed by atoms with Gasteiger partial charge in [-0.3, -0.25) is 9.69 Å². The Labute approximate surface area is 164 Å². The quantitative estimate of drug-likeness (QED) is 0.858. The van der Waals surface area contributed by atoms with Crippen LogP contribution in [0.4, 0.5) is 10.5 Å². The molecule has 2 aromatic carbocycles. The minimum atomic E-state index is -0.278. The van der Waals surface area contributed by atoms with Crippen LogP contribution in [0.15, 0.2) is 54.6 Å². The Morgan fingerprint density at radius 2 is 1.82 bits per heavy atom. The number of hydrogen-bond acceptors (Lipinski definition) is 3. The number of carbonyl (C=O) groups excluding carboxylic acids is 2. The van der Waals surface area contributed by atoms with Crippen LogP contribution in [0.1, 0.15) is 35.2 Å². The molecule has 2 heterocycles. The van der Waals surface area contributed by atoms with Crippen molar-refractivity contribution in [1.29, 1.82) is 0 Å². The maximum Gasteiger partial charge on any atom is 0.321 e. The lowest BCUT2D eigenvalue weighted by molar-refractivity contribution is -0.0242. The van der Waals surface area contributed by atoms with Crippen LogP contribution >= 0.6 is 0 Å². The first kappa shape index (κ1) is 18.5. The summed E-state index contributed by atoms with van der Waals surface area (Å²) in [4.78, 5) is 29.3. The van der Waals surface area contributed by atoms with E-state index in [1.807, 2.05) is 49.4 Å². The third kappa shape index (κ3) is 2.94. The predicted octanol–water partition coefficient (Wildman–Crippen LogP) is 2.60. The van der Waals surface area contributed by atoms with Crippen molar-refractivity contribution in [1.82, 2.24) is 10.2 Å². The van der Waals surface area contributed by atoms with Crippen LogP contribution in [0.25, 0.3) is 0 Å². The maximum atomic E-state index is 13.1. The number of aliphatic hydroxyl groups excluding tert-OH is 1. The summed E-state index contributed by atoms with van der Waals surface area (Å²) in [5, 5.41) is 13.0. The van der Waals surface area contributed by atoms with Gasteiger partial charge < -0.3 is 15.3 Å². The van der Waals surface area contributed by atoms with Crippen LogP contribution in [0.2, 0.25) is 0 Å². The molecule has 0 bridgehead atoms. The zero-order valence-corrected chi connectivity index (χ0v) is 15.9. The van der Waals surface area contributed by atoms with Gasteiger partial charge in [0.05, 0.1) is 18.7 Å². The van der Waals surface area contributed by atoms with Crippen molar-refractivity contribution in [3.8, 4) is 0 Å². The molecule has 0 unspecified atom stereocenters. The molecule has 0 radical (unpaired) electrons. The fourth-order valence-corrected chi connectivity index (χ4v) is 4.42. The zero-order chi connectivity index (χ0) is 19.7. The molecule has 0 aromatic heterocycles. The number of hydrogen-bond donors (Lipinski definition) is 2. The van der Waals surface area contributed by atoms with Crippen molar-refractivity contribution in [3.63, 3.8) is 0 Å². The number of para-hydroxylation sites is 1. The highest BCUT2D eigenvalue weighted by Gasteiger charge is 2.55. The third-order valence-corrected chi connectivity index (χ3v) is 5.71. The van der Waals surface area contributed by atoms with Crippen LogP contribution in [-0.2, 0) is 0 Å². The molecule has 3 atom stereocenters. The van der Waals surface area contributed by atoms with Crippen LogP contribution in [0, 0.1) is 0 Å². The number of anilines is 1. The van der Waals surface area contributed by atoms with Crippen molar-refractivity contribution in [2.24, 2.45) is 0 Å². The van der Waals surface area contributed by atoms with Gasteiger partial charge >= 0.3 is 6.03 Å². The molecule has 3 amide bonds. The van der Waals surface area contributed by atoms with E-state index in [2.05, 4.69) is 5.32 Å². The van der Waals surface area contributed by atoms with E-state index in [1.54, 1.807) is 21.9 Å². The molecule has 146 valence electrons. The van der Waals surface area contributed by atoms with Gasteiger partial charge in [-0.15, -0.1) is 0 Å². The Morgan fingerprint density at radius 3 is 2.54 bits per heavy atom. The van der Waals surface area contributed by atoms with Gasteiger partial charge in [-0.05, 0) is 30.2 Å². The van der Waals surface area contributed by atoms with Crippen molar-refractivity contribution in [2.75, 3.05) is 24.6 Å². The Hall–Kier alpha value is -2.86. The highest BCUT2D eigenvalue weighted by atomic mass is 16.3. The smallest absolute Gasteiger partial charge is 0.321 e. The number of benzene rings is 2. The molecule has 4 rings (SSSR count). The minimum absolute atomic E-state index is 0.0316. The summed E-state index contributed by atoms with van der Waals surface area (Å²) in [5.74, 6) is -0.0710. The SMILES string of the molecule is CCCNC(=O)N1C[C@H]2[C@@H](c3ccccc31)[C@@H](CO)N2C(=O)c1ccccc1. The van der Waals surface area contributed by atoms with E-state index in [4.69, 9.17) is 0 Å². The first-order valence-corrected chi connectivity index (χ1v) is 9.80. The molecule has 0 aliphatic carbocycles. The zero-order valence-electron chi connectivity index (χ0n) is 15.9. The summed E-state index contributed by atoms with van der Waals surface area (Å²) in [5.41, 5.74) is 2.48. The van der Waals surface area contributed by atoms with E-state index in [9.17, 15) is 14.7 Å². The van der Waals surface area contributed by atoms with Crippen molar-refractivity contribution >= 4 is 17.6 Å². The molecule has 2 aromatic rings. The van der Waals surface area contributed by atoms with Crippen molar-refractivity contribution < 1.29 is 14.7 Å². The summed E-state index contributed by atoms with van der Waals surface area (Å²) >= 11 is 0. The average molecular weight is 379 g/mol. The third-order valence-electron chi connectivity index (χ3n) is 5.71. The van der Waals surface area contributed by atoms with Gasteiger partial charge in [-0.1, -0.05) is 43.3 Å². The number of urea groups is 1. The number of amides is 3. The van der Waals surface area contributed by atoms with E-state index >= 15 is 0 Å². The highest BCUT2D eigenvalue weighted by molar-refractivity contribution is 5.97. The largest absolute Gasteiger partial charge is 0.394 e. The Morgan fingerprint density at radius 1 is 1.11 bits per heavy atom. The number of nitrogens with zero attached hydrogens (tertiary/aromatic N) is 2. The molecule has 2 aliphatic rings. The second-order valence-electron chi connectivity index (χ2n) is 7.32. The van der Waals surface area contributed by atoms with Gasteiger partial charge in [0.25, 0.3) is 5.91 Å². The first-order valence-electron chi connectivity index (χ1n) is 9.80. The molecular formula is C22H25N3O3. The number of likely N-dealkylation sites (tertiary alicyclic amines) is 1. The first-order chi connectivity index (χ1) is 13.7. The summed E-state index contributed by atoms with van der Waals surface area (Å²) in [6.45, 7) is 2.94. The van der Waals surface area contributed by atoms with Gasteiger partial charge in [0.15, 0.2) is 0 Å². The maximum absolute atomic E-state index is 13.1. The molecular weight excluding hydrogens is 354 g/mol. The Bertz CT molecular complexity index is 870. The number of aliphatic hydroxyl groups is 1. The van der Waals surface area contributed by atoms with Gasteiger partial charge in [0.1, 0.15) is 0 Å². The number of rotatable bonds is 4. The van der Waals surface area contributed by atoms with E-state index in [-0.39, 0.29) is 36.5 Å². The number of fused-ring (bicyclic) bond motifs is 3. The second-order valence-corrected chi connectivity index (χ2v) is 7.32. The molecule has 6 heteroatoms. The van der Waals surface area contributed by atoms with Crippen molar-refractivity contribution in [3.05, 3.63) is 65.7 Å². The summed E-state index contributed by atoms with van der Waals surface area (Å²) in [7, 11) is 0. The lowest BCUT2D eigenvalue weighted by Gasteiger charge is -2.58. The highest BCUT2D eigenvalue weighted by Crippen LogP contribution is 2.48. The molecule has 0 saturated carbocycles. The van der Waals surface area contributed by atoms with E-state index in [1.165, 1.54) is 0 Å². The molecule has 28 heavy (non-hydrogen) atoms. The molecule has 6 nitrogen and oxygen atoms in total. The molecule has 1 fully saturated rings. The minimum Gasteiger partial charge on any atom is -0.394 e. The number of nitrogens with one attached hydrogen (secondary N) is 1. The van der Waals surface area contributed by atoms with Crippen LogP contribution in [0.3, 0.4) is 0 Å². The van der Waals surface area contributed by atoms with Crippen LogP contribution < -0.4 is 10.2 Å². The van der Waals surface area contributed by atoms with Gasteiger partial charge in [0, 0.05) is 30.3 Å². The van der Waals surface area contributed by atoms with Crippen LogP contribution in [0.5, 0.6) is 0 Å². The summed E-state index contributed by atoms with van der Waals surface area (Å²) in [6, 6.07) is 16.3. The monoisotopic (exact) mass is 379 g/mol. The topological polar surface area (TPSA) is 72.9 Å². The second kappa shape index (κ2) is 7.64. The molecule has 1 saturated heterocycles. The lowest BCUT2D eigenvalue weighted by Crippen LogP contribution is -2.71. The Kier molecular flexibility index (Phi) is 5.05. The molecule has 2 aliphatic heterocycles. The summed E-state index contributed by atoms with van der Waals surface area (Å²) in [6.07, 6.45) is 0.860. The van der Waals surface area contributed by atoms with E-state index in [0.717, 1.165) is 17.7 Å². The summed E-state index contributed by atoms with van der Waals surface area (Å²) < 4.78 is 0. The van der Waals surface area contributed by atoms with Gasteiger partial charge in [0.2, 0.25) is 0 Å². The predicted molar refractivity (Wildman–Crippen MR) is 107 cm³/mol. The number of carbonyl (C=O) groups is 2. The molecule has 2 N–H and O–H groups in total. The fourth-order valence-electron chi connectivity index (χ4n) is 4.42. The fraction of sp³-hybridized carbons (Fsp3) is 0.364. The van der Waals surface area contributed by atoms with E-state index in [0.29, 0.717) is 18.7 Å². The van der Waals surface area contributed by atoms with Gasteiger partial charge in [-0.25, -0.2) is 4.79 Å². The lowest BCUT2D eigenvalue weighted by atomic mass is 9.71. The standard InChI is InChI=1S/C22H25N3O3/c1-2-12-23-22(28)24-13-18-20(16-10-6-7-11-17(16)24)19(14-26)25(18)21(27)15-8-4-3-5-9-15/h3-11,18-20,26H,2,12-14H2,1H3,(H,23,28)/t18-,19+,20+/m0/s1. The molecule has 0 spiro atoms. The Balaban J connectivity index is 1.67. The average Bonchev–Trinajstić information content (AvgIpc) is 2.73. The normalized spacial score (nSPS) is 22.7. The van der Waals surface area contributed by atoms with E-state index < -0.39 is 0 Å².